The van der Waals surface area contributed by atoms with Gasteiger partial charge in [-0.1, -0.05) is 49.4 Å². The Hall–Kier alpha value is -3.43. The van der Waals surface area contributed by atoms with Crippen LogP contribution in [0.25, 0.3) is 11.1 Å². The van der Waals surface area contributed by atoms with Crippen LogP contribution in [-0.4, -0.2) is 25.7 Å². The second kappa shape index (κ2) is 8.52. The first kappa shape index (κ1) is 21.3. The molecule has 0 saturated heterocycles. The second-order valence-electron chi connectivity index (χ2n) is 7.78. The Kier molecular flexibility index (Phi) is 6.04. The number of aliphatic hydroxyl groups is 1. The van der Waals surface area contributed by atoms with Crippen molar-refractivity contribution >= 4 is 5.97 Å². The maximum Gasteiger partial charge on any atom is 0.354 e. The minimum atomic E-state index is -1.35. The molecule has 0 saturated carbocycles. The number of hydrogen-bond acceptors (Lipinski definition) is 4. The molecule has 1 aromatic heterocycles. The van der Waals surface area contributed by atoms with Gasteiger partial charge in [-0.25, -0.2) is 9.78 Å². The summed E-state index contributed by atoms with van der Waals surface area (Å²) in [7, 11) is 0. The van der Waals surface area contributed by atoms with E-state index in [4.69, 9.17) is 0 Å². The van der Waals surface area contributed by atoms with Crippen LogP contribution in [0.2, 0.25) is 0 Å². The summed E-state index contributed by atoms with van der Waals surface area (Å²) < 4.78 is 1.68. The lowest BCUT2D eigenvalue weighted by Gasteiger charge is -2.16. The number of aromatic nitrogens is 2. The molecule has 0 amide bonds. The van der Waals surface area contributed by atoms with Gasteiger partial charge in [-0.15, -0.1) is 0 Å². The number of nitrogens with zero attached hydrogens (tertiary/aromatic N) is 3. The molecular weight excluding hydrogens is 378 g/mol. The molecule has 6 nitrogen and oxygen atoms in total. The van der Waals surface area contributed by atoms with Crippen LogP contribution in [0.4, 0.5) is 0 Å². The molecule has 3 rings (SSSR count). The number of nitriles is 1. The zero-order chi connectivity index (χ0) is 21.9. The van der Waals surface area contributed by atoms with Crippen LogP contribution in [0.3, 0.4) is 0 Å². The normalized spacial score (nSPS) is 11.3. The summed E-state index contributed by atoms with van der Waals surface area (Å²) in [6.45, 7) is 5.43. The van der Waals surface area contributed by atoms with E-state index in [9.17, 15) is 20.3 Å². The fraction of sp³-hybridized carbons (Fsp3) is 0.292. The quantitative estimate of drug-likeness (QED) is 0.611. The Labute approximate surface area is 176 Å². The highest BCUT2D eigenvalue weighted by Crippen LogP contribution is 2.27. The number of aromatic carboxylic acids is 1. The smallest absolute Gasteiger partial charge is 0.354 e. The topological polar surface area (TPSA) is 99.1 Å². The average molecular weight is 403 g/mol. The molecule has 2 N–H and O–H groups in total. The van der Waals surface area contributed by atoms with Gasteiger partial charge in [-0.2, -0.15) is 5.26 Å². The summed E-state index contributed by atoms with van der Waals surface area (Å²) in [5.74, 6) is -0.465. The van der Waals surface area contributed by atoms with Crippen molar-refractivity contribution in [3.8, 4) is 17.2 Å². The summed E-state index contributed by atoms with van der Waals surface area (Å²) in [6, 6.07) is 17.3. The minimum Gasteiger partial charge on any atom is -0.477 e. The van der Waals surface area contributed by atoms with Crippen molar-refractivity contribution in [3.63, 3.8) is 0 Å². The lowest BCUT2D eigenvalue weighted by molar-refractivity contribution is 0.0602. The van der Waals surface area contributed by atoms with E-state index in [0.717, 1.165) is 23.1 Å². The van der Waals surface area contributed by atoms with Crippen molar-refractivity contribution in [3.05, 3.63) is 76.9 Å². The zero-order valence-corrected chi connectivity index (χ0v) is 17.4. The maximum absolute atomic E-state index is 12.0. The van der Waals surface area contributed by atoms with Crippen molar-refractivity contribution in [1.82, 2.24) is 9.55 Å². The number of aryl methyl sites for hydroxylation is 1. The van der Waals surface area contributed by atoms with E-state index in [-0.39, 0.29) is 11.4 Å². The lowest BCUT2D eigenvalue weighted by atomic mass is 9.99. The van der Waals surface area contributed by atoms with Crippen molar-refractivity contribution in [2.75, 3.05) is 0 Å². The van der Waals surface area contributed by atoms with E-state index in [1.54, 1.807) is 24.5 Å². The Balaban J connectivity index is 2.01. The molecule has 0 spiro atoms. The summed E-state index contributed by atoms with van der Waals surface area (Å²) in [4.78, 5) is 16.5. The number of carboxylic acids is 1. The molecule has 6 heteroatoms. The molecule has 0 bridgehead atoms. The Bertz CT molecular complexity index is 1100. The number of carboxylic acid groups (broad SMARTS) is 1. The fourth-order valence-corrected chi connectivity index (χ4v) is 3.53. The lowest BCUT2D eigenvalue weighted by Crippen LogP contribution is -2.22. The molecule has 2 aromatic carbocycles. The van der Waals surface area contributed by atoms with Crippen LogP contribution < -0.4 is 0 Å². The van der Waals surface area contributed by atoms with E-state index < -0.39 is 11.6 Å². The van der Waals surface area contributed by atoms with Gasteiger partial charge in [0.05, 0.1) is 11.6 Å². The van der Waals surface area contributed by atoms with Gasteiger partial charge in [0.2, 0.25) is 0 Å². The predicted molar refractivity (Wildman–Crippen MR) is 114 cm³/mol. The van der Waals surface area contributed by atoms with Crippen molar-refractivity contribution < 1.29 is 15.0 Å². The summed E-state index contributed by atoms with van der Waals surface area (Å²) in [6.07, 6.45) is 1.43. The van der Waals surface area contributed by atoms with Gasteiger partial charge in [0, 0.05) is 13.0 Å². The summed E-state index contributed by atoms with van der Waals surface area (Å²) in [5, 5.41) is 29.6. The molecule has 154 valence electrons. The average Bonchev–Trinajstić information content (AvgIpc) is 3.07. The molecular formula is C24H25N3O3. The van der Waals surface area contributed by atoms with E-state index in [0.29, 0.717) is 24.4 Å². The van der Waals surface area contributed by atoms with Gasteiger partial charge >= 0.3 is 5.97 Å². The van der Waals surface area contributed by atoms with Gasteiger partial charge in [-0.3, -0.25) is 0 Å². The van der Waals surface area contributed by atoms with Crippen LogP contribution in [0.1, 0.15) is 60.3 Å². The SMILES string of the molecule is CCCc1nc(C(C)(C)O)c(C(=O)O)n1Cc1ccc(-c2ccccc2C#N)cc1. The predicted octanol–water partition coefficient (Wildman–Crippen LogP) is 4.35. The molecule has 0 radical (unpaired) electrons. The molecule has 3 aromatic rings. The van der Waals surface area contributed by atoms with Crippen LogP contribution >= 0.6 is 0 Å². The van der Waals surface area contributed by atoms with Crippen molar-refractivity contribution in [1.29, 1.82) is 5.26 Å². The van der Waals surface area contributed by atoms with E-state index in [1.807, 2.05) is 49.4 Å². The first-order valence-electron chi connectivity index (χ1n) is 9.90. The Morgan fingerprint density at radius 3 is 2.40 bits per heavy atom. The molecule has 0 unspecified atom stereocenters. The number of carbonyl (C=O) groups is 1. The number of imidazole rings is 1. The summed E-state index contributed by atoms with van der Waals surface area (Å²) >= 11 is 0. The van der Waals surface area contributed by atoms with Gasteiger partial charge in [0.15, 0.2) is 5.69 Å². The first-order valence-corrected chi connectivity index (χ1v) is 9.90. The van der Waals surface area contributed by atoms with Gasteiger partial charge in [-0.05, 0) is 43.0 Å². The highest BCUT2D eigenvalue weighted by molar-refractivity contribution is 5.87. The van der Waals surface area contributed by atoms with E-state index in [2.05, 4.69) is 11.1 Å². The van der Waals surface area contributed by atoms with Gasteiger partial charge < -0.3 is 14.8 Å². The second-order valence-corrected chi connectivity index (χ2v) is 7.78. The van der Waals surface area contributed by atoms with Crippen molar-refractivity contribution in [2.45, 2.75) is 45.8 Å². The van der Waals surface area contributed by atoms with Crippen LogP contribution in [0.5, 0.6) is 0 Å². The van der Waals surface area contributed by atoms with Crippen LogP contribution in [-0.2, 0) is 18.6 Å². The van der Waals surface area contributed by atoms with E-state index >= 15 is 0 Å². The maximum atomic E-state index is 12.0. The number of rotatable bonds is 7. The number of hydrogen-bond donors (Lipinski definition) is 2. The highest BCUT2D eigenvalue weighted by Gasteiger charge is 2.31. The van der Waals surface area contributed by atoms with E-state index in [1.165, 1.54) is 0 Å². The molecule has 0 atom stereocenters. The first-order chi connectivity index (χ1) is 14.3. The third-order valence-electron chi connectivity index (χ3n) is 4.96. The largest absolute Gasteiger partial charge is 0.477 e. The molecule has 0 aliphatic rings. The van der Waals surface area contributed by atoms with Crippen LogP contribution in [0.15, 0.2) is 48.5 Å². The third-order valence-corrected chi connectivity index (χ3v) is 4.96. The number of benzene rings is 2. The van der Waals surface area contributed by atoms with Gasteiger partial charge in [0.1, 0.15) is 17.1 Å². The van der Waals surface area contributed by atoms with Gasteiger partial charge in [0.25, 0.3) is 0 Å². The fourth-order valence-electron chi connectivity index (χ4n) is 3.53. The Morgan fingerprint density at radius 1 is 1.17 bits per heavy atom. The Morgan fingerprint density at radius 2 is 1.83 bits per heavy atom. The summed E-state index contributed by atoms with van der Waals surface area (Å²) in [5.41, 5.74) is 2.14. The highest BCUT2D eigenvalue weighted by atomic mass is 16.4. The molecule has 30 heavy (non-hydrogen) atoms. The zero-order valence-electron chi connectivity index (χ0n) is 17.4. The molecule has 0 fully saturated rings. The standard InChI is InChI=1S/C24H25N3O3/c1-4-7-20-26-22(24(2,3)30)21(23(28)29)27(20)15-16-10-12-17(13-11-16)19-9-6-5-8-18(19)14-25/h5-6,8-13,30H,4,7,15H2,1-3H3,(H,28,29). The molecule has 1 heterocycles. The minimum absolute atomic E-state index is 0.0184. The van der Waals surface area contributed by atoms with Crippen molar-refractivity contribution in [2.24, 2.45) is 0 Å². The molecule has 0 aliphatic carbocycles. The molecule has 0 aliphatic heterocycles. The third kappa shape index (κ3) is 4.27. The monoisotopic (exact) mass is 403 g/mol. The van der Waals surface area contributed by atoms with Crippen LogP contribution in [0, 0.1) is 11.3 Å².